The highest BCUT2D eigenvalue weighted by atomic mass is 32.2. The van der Waals surface area contributed by atoms with E-state index in [0.29, 0.717) is 56.9 Å². The number of ketones is 2. The summed E-state index contributed by atoms with van der Waals surface area (Å²) in [6, 6.07) is 3.83. The molecule has 1 saturated carbocycles. The first-order valence-electron chi connectivity index (χ1n) is 23.8. The number of para-hydroxylation sites is 1. The molecule has 2 bridgehead atoms. The number of Topliss-reactive ketones (excluding diaryl/α,β-unsaturated/α-hetero) is 2. The van der Waals surface area contributed by atoms with Crippen molar-refractivity contribution in [1.29, 1.82) is 0 Å². The fourth-order valence-electron chi connectivity index (χ4n) is 10.5. The molecule has 13 atom stereocenters. The molecule has 0 spiro atoms. The van der Waals surface area contributed by atoms with E-state index in [1.165, 1.54) is 38.4 Å². The summed E-state index contributed by atoms with van der Waals surface area (Å²) in [4.78, 5) is 68.6. The van der Waals surface area contributed by atoms with Gasteiger partial charge in [-0.2, -0.15) is 8.42 Å². The van der Waals surface area contributed by atoms with Crippen molar-refractivity contribution >= 4 is 39.2 Å². The fourth-order valence-corrected chi connectivity index (χ4v) is 11.8. The number of amides is 1. The summed E-state index contributed by atoms with van der Waals surface area (Å²) in [5.74, 6) is -7.17. The molecule has 1 amide bonds. The third-order valence-electron chi connectivity index (χ3n) is 14.3. The molecule has 1 aliphatic carbocycles. The monoisotopic (exact) mass is 960 g/mol. The molecular weight excluding hydrogens is 889 g/mol. The number of hydrogen-bond acceptors (Lipinski definition) is 15. The van der Waals surface area contributed by atoms with E-state index >= 15 is 0 Å². The first-order chi connectivity index (χ1) is 31.7. The van der Waals surface area contributed by atoms with Gasteiger partial charge in [-0.15, -0.1) is 0 Å². The van der Waals surface area contributed by atoms with Gasteiger partial charge < -0.3 is 33.7 Å². The third-order valence-corrected chi connectivity index (χ3v) is 15.7. The summed E-state index contributed by atoms with van der Waals surface area (Å²) in [5, 5.41) is 23.7. The second kappa shape index (κ2) is 23.6. The number of methoxy groups -OCH3 is 3. The molecule has 2 saturated heterocycles. The van der Waals surface area contributed by atoms with E-state index in [4.69, 9.17) is 27.9 Å². The zero-order chi connectivity index (χ0) is 49.4. The Hall–Kier alpha value is -3.91. The van der Waals surface area contributed by atoms with Crippen LogP contribution in [0.2, 0.25) is 0 Å². The third kappa shape index (κ3) is 12.8. The van der Waals surface area contributed by atoms with Crippen LogP contribution in [0.25, 0.3) is 0 Å². The van der Waals surface area contributed by atoms with Crippen LogP contribution < -0.4 is 0 Å². The highest BCUT2D eigenvalue weighted by Crippen LogP contribution is 2.40. The van der Waals surface area contributed by atoms with Gasteiger partial charge in [0.05, 0.1) is 23.2 Å². The number of esters is 1. The maximum atomic E-state index is 14.5. The van der Waals surface area contributed by atoms with Crippen LogP contribution in [0.5, 0.6) is 0 Å². The molecule has 3 aliphatic heterocycles. The average molecular weight is 961 g/mol. The molecule has 3 heterocycles. The van der Waals surface area contributed by atoms with Gasteiger partial charge in [0.25, 0.3) is 17.4 Å². The Labute approximate surface area is 395 Å². The van der Waals surface area contributed by atoms with E-state index in [-0.39, 0.29) is 61.7 Å². The number of hydrogen-bond donors (Lipinski definition) is 1. The standard InChI is InChI=1S/C49H72N2O15S/c1-10-35-24-29(2)23-30(3)25-41(62-8)45-42(63-9)27-33(6)49(56,65-45)46(53)47(54)50-22-14-13-16-37(50)48(55)64-44(31(4)18-20-38(35)52)32(5)26-34-19-21-39(40(28-34)61-7)66-67(59,60)43-17-12-11-15-36(43)51(57)58/h11-12,15,17,24,26,30-31,33-35,37,39-42,44-45,56H,10,13-14,16,18-23,25,27-28H2,1-9H3/b29-24+,32-26?. The van der Waals surface area contributed by atoms with Gasteiger partial charge in [-0.05, 0) is 114 Å². The predicted molar refractivity (Wildman–Crippen MR) is 246 cm³/mol. The number of aliphatic hydroxyl groups is 1. The van der Waals surface area contributed by atoms with Gasteiger partial charge in [0.15, 0.2) is 4.90 Å². The first-order valence-corrected chi connectivity index (χ1v) is 25.2. The molecular formula is C49H72N2O15S. The number of rotatable bonds is 10. The van der Waals surface area contributed by atoms with Gasteiger partial charge in [-0.25, -0.2) is 4.79 Å². The quantitative estimate of drug-likeness (QED) is 0.0634. The number of allylic oxidation sites excluding steroid dienone is 3. The molecule has 374 valence electrons. The summed E-state index contributed by atoms with van der Waals surface area (Å²) in [6.07, 6.45) is 4.15. The van der Waals surface area contributed by atoms with Crippen LogP contribution in [-0.2, 0) is 57.2 Å². The number of piperidine rings is 1. The lowest BCUT2D eigenvalue weighted by atomic mass is 9.82. The predicted octanol–water partition coefficient (Wildman–Crippen LogP) is 6.82. The average Bonchev–Trinajstić information content (AvgIpc) is 3.30. The van der Waals surface area contributed by atoms with Crippen molar-refractivity contribution in [2.75, 3.05) is 27.9 Å². The Morgan fingerprint density at radius 1 is 0.940 bits per heavy atom. The number of nitro groups is 1. The van der Waals surface area contributed by atoms with Gasteiger partial charge >= 0.3 is 16.1 Å². The Morgan fingerprint density at radius 3 is 2.27 bits per heavy atom. The maximum absolute atomic E-state index is 14.5. The minimum atomic E-state index is -4.54. The molecule has 1 aromatic carbocycles. The van der Waals surface area contributed by atoms with Crippen LogP contribution in [-0.4, -0.2) is 123 Å². The van der Waals surface area contributed by atoms with Crippen molar-refractivity contribution in [3.05, 3.63) is 57.7 Å². The van der Waals surface area contributed by atoms with Gasteiger partial charge in [0, 0.05) is 52.2 Å². The lowest BCUT2D eigenvalue weighted by molar-refractivity contribution is -0.387. The summed E-state index contributed by atoms with van der Waals surface area (Å²) < 4.78 is 62.4. The molecule has 4 aliphatic rings. The van der Waals surface area contributed by atoms with Crippen molar-refractivity contribution in [3.8, 4) is 0 Å². The number of nitrogens with zero attached hydrogens (tertiary/aromatic N) is 2. The molecule has 17 nitrogen and oxygen atoms in total. The van der Waals surface area contributed by atoms with E-state index in [9.17, 15) is 42.8 Å². The zero-order valence-corrected chi connectivity index (χ0v) is 41.4. The molecule has 18 heteroatoms. The molecule has 13 unspecified atom stereocenters. The SMILES string of the molecule is CCC1/C=C(\C)CC(C)CC(OC)C2OC(O)(C(=O)C(=O)N3CCCCC3C(=O)OC(C(C)=CC3CCC(OS(=O)(=O)c4ccccc4[N+](=O)[O-])C(OC)C3)C(C)CCC1=O)C(C)CC2OC. The number of fused-ring (bicyclic) bond motifs is 3. The minimum absolute atomic E-state index is 0.0367. The number of carbonyl (C=O) groups is 4. The van der Waals surface area contributed by atoms with E-state index < -0.39 is 97.7 Å². The van der Waals surface area contributed by atoms with E-state index in [2.05, 4.69) is 6.92 Å². The highest BCUT2D eigenvalue weighted by molar-refractivity contribution is 7.87. The van der Waals surface area contributed by atoms with Crippen LogP contribution >= 0.6 is 0 Å². The van der Waals surface area contributed by atoms with Crippen LogP contribution in [0.4, 0.5) is 5.69 Å². The zero-order valence-electron chi connectivity index (χ0n) is 40.6. The number of nitro benzene ring substituents is 1. The van der Waals surface area contributed by atoms with Crippen molar-refractivity contribution in [1.82, 2.24) is 4.90 Å². The topological polar surface area (TPSA) is 224 Å². The Balaban J connectivity index is 1.46. The van der Waals surface area contributed by atoms with Gasteiger partial charge in [0.2, 0.25) is 5.79 Å². The van der Waals surface area contributed by atoms with E-state index in [1.807, 2.05) is 39.8 Å². The molecule has 3 fully saturated rings. The largest absolute Gasteiger partial charge is 0.456 e. The van der Waals surface area contributed by atoms with Gasteiger partial charge in [0.1, 0.15) is 30.1 Å². The summed E-state index contributed by atoms with van der Waals surface area (Å²) in [6.45, 7) is 11.4. The molecule has 5 rings (SSSR count). The van der Waals surface area contributed by atoms with Crippen molar-refractivity contribution in [2.45, 2.75) is 172 Å². The molecule has 1 aromatic rings. The summed E-state index contributed by atoms with van der Waals surface area (Å²) >= 11 is 0. The van der Waals surface area contributed by atoms with Crippen molar-refractivity contribution in [3.63, 3.8) is 0 Å². The van der Waals surface area contributed by atoms with E-state index in [0.717, 1.165) is 17.7 Å². The van der Waals surface area contributed by atoms with Gasteiger partial charge in [-0.3, -0.25) is 28.7 Å². The molecule has 0 aromatic heterocycles. The van der Waals surface area contributed by atoms with E-state index in [1.54, 1.807) is 6.92 Å². The van der Waals surface area contributed by atoms with Gasteiger partial charge in [-0.1, -0.05) is 57.6 Å². The van der Waals surface area contributed by atoms with Crippen LogP contribution in [0.1, 0.15) is 119 Å². The normalized spacial score (nSPS) is 35.7. The maximum Gasteiger partial charge on any atom is 0.329 e. The molecule has 0 radical (unpaired) electrons. The number of carbonyl (C=O) groups excluding carboxylic acids is 4. The van der Waals surface area contributed by atoms with Crippen LogP contribution in [0, 0.1) is 39.7 Å². The fraction of sp³-hybridized carbons (Fsp3) is 0.714. The lowest BCUT2D eigenvalue weighted by Gasteiger charge is -2.47. The second-order valence-corrected chi connectivity index (χ2v) is 20.8. The van der Waals surface area contributed by atoms with Crippen molar-refractivity contribution in [2.24, 2.45) is 29.6 Å². The Kier molecular flexibility index (Phi) is 19.0. The Morgan fingerprint density at radius 2 is 1.61 bits per heavy atom. The summed E-state index contributed by atoms with van der Waals surface area (Å²) in [7, 11) is -0.0605. The van der Waals surface area contributed by atoms with Crippen LogP contribution in [0.3, 0.4) is 0 Å². The van der Waals surface area contributed by atoms with Crippen LogP contribution in [0.15, 0.2) is 52.5 Å². The first kappa shape index (κ1) is 54.0. The summed E-state index contributed by atoms with van der Waals surface area (Å²) in [5.41, 5.74) is 1.10. The molecule has 67 heavy (non-hydrogen) atoms. The minimum Gasteiger partial charge on any atom is -0.456 e. The highest BCUT2D eigenvalue weighted by Gasteiger charge is 2.56. The number of ether oxygens (including phenoxy) is 5. The lowest BCUT2D eigenvalue weighted by Crippen LogP contribution is -2.64. The number of cyclic esters (lactones) is 1. The smallest absolute Gasteiger partial charge is 0.329 e. The molecule has 1 N–H and O–H groups in total. The Bertz CT molecular complexity index is 2110. The second-order valence-electron chi connectivity index (χ2n) is 19.3. The number of benzene rings is 1. The van der Waals surface area contributed by atoms with Crippen molar-refractivity contribution < 1.29 is 65.5 Å².